The SMILES string of the molecule is COc1ccc(C(=O)N(C)C2CCCCCC2)cc1S(=O)(=O)N1CCCC1. The Morgan fingerprint density at radius 2 is 1.70 bits per heavy atom. The van der Waals surface area contributed by atoms with Crippen LogP contribution in [0.5, 0.6) is 5.75 Å². The van der Waals surface area contributed by atoms with Crippen molar-refractivity contribution < 1.29 is 17.9 Å². The van der Waals surface area contributed by atoms with Crippen molar-refractivity contribution in [3.8, 4) is 5.75 Å². The first kappa shape index (κ1) is 20.1. The molecule has 0 aromatic heterocycles. The number of hydrogen-bond donors (Lipinski definition) is 0. The van der Waals surface area contributed by atoms with E-state index < -0.39 is 10.0 Å². The molecule has 3 rings (SSSR count). The number of methoxy groups -OCH3 is 1. The van der Waals surface area contributed by atoms with Crippen molar-refractivity contribution in [1.82, 2.24) is 9.21 Å². The lowest BCUT2D eigenvalue weighted by Crippen LogP contribution is -2.37. The lowest BCUT2D eigenvalue weighted by Gasteiger charge is -2.27. The maximum Gasteiger partial charge on any atom is 0.253 e. The van der Waals surface area contributed by atoms with E-state index in [1.165, 1.54) is 30.3 Å². The minimum atomic E-state index is -3.66. The summed E-state index contributed by atoms with van der Waals surface area (Å²) in [6, 6.07) is 4.97. The zero-order valence-corrected chi connectivity index (χ0v) is 17.1. The maximum atomic E-state index is 13.0. The smallest absolute Gasteiger partial charge is 0.253 e. The van der Waals surface area contributed by atoms with Crippen LogP contribution in [0.25, 0.3) is 0 Å². The largest absolute Gasteiger partial charge is 0.495 e. The number of carbonyl (C=O) groups excluding carboxylic acids is 1. The Morgan fingerprint density at radius 1 is 1.07 bits per heavy atom. The molecule has 27 heavy (non-hydrogen) atoms. The van der Waals surface area contributed by atoms with Gasteiger partial charge in [-0.3, -0.25) is 4.79 Å². The van der Waals surface area contributed by atoms with Crippen LogP contribution < -0.4 is 4.74 Å². The number of amides is 1. The van der Waals surface area contributed by atoms with Crippen molar-refractivity contribution in [2.45, 2.75) is 62.3 Å². The highest BCUT2D eigenvalue weighted by molar-refractivity contribution is 7.89. The van der Waals surface area contributed by atoms with Gasteiger partial charge in [0.05, 0.1) is 7.11 Å². The van der Waals surface area contributed by atoms with Gasteiger partial charge in [0.1, 0.15) is 10.6 Å². The molecular formula is C20H30N2O4S. The second kappa shape index (κ2) is 8.61. The summed E-state index contributed by atoms with van der Waals surface area (Å²) in [4.78, 5) is 14.9. The Kier molecular flexibility index (Phi) is 6.42. The van der Waals surface area contributed by atoms with Gasteiger partial charge in [0, 0.05) is 31.7 Å². The van der Waals surface area contributed by atoms with E-state index in [2.05, 4.69) is 0 Å². The summed E-state index contributed by atoms with van der Waals surface area (Å²) in [6.07, 6.45) is 8.47. The van der Waals surface area contributed by atoms with Crippen LogP contribution in [0.2, 0.25) is 0 Å². The first-order valence-electron chi connectivity index (χ1n) is 9.90. The van der Waals surface area contributed by atoms with Crippen LogP contribution in [-0.4, -0.2) is 56.8 Å². The molecule has 1 aromatic carbocycles. The van der Waals surface area contributed by atoms with Gasteiger partial charge < -0.3 is 9.64 Å². The van der Waals surface area contributed by atoms with Crippen LogP contribution in [0.4, 0.5) is 0 Å². The quantitative estimate of drug-likeness (QED) is 0.719. The summed E-state index contributed by atoms with van der Waals surface area (Å²) in [5, 5.41) is 0. The Labute approximate surface area is 162 Å². The van der Waals surface area contributed by atoms with Crippen LogP contribution in [0.1, 0.15) is 61.7 Å². The average Bonchev–Trinajstić information content (AvgIpc) is 3.10. The molecular weight excluding hydrogens is 364 g/mol. The van der Waals surface area contributed by atoms with Gasteiger partial charge in [-0.05, 0) is 43.9 Å². The Balaban J connectivity index is 1.89. The van der Waals surface area contributed by atoms with Crippen LogP contribution in [0.15, 0.2) is 23.1 Å². The second-order valence-corrected chi connectivity index (χ2v) is 9.44. The molecule has 0 atom stereocenters. The molecule has 0 bridgehead atoms. The third kappa shape index (κ3) is 4.29. The third-order valence-corrected chi connectivity index (χ3v) is 7.71. The fourth-order valence-corrected chi connectivity index (χ4v) is 5.79. The molecule has 2 fully saturated rings. The lowest BCUT2D eigenvalue weighted by molar-refractivity contribution is 0.0717. The van der Waals surface area contributed by atoms with Crippen LogP contribution >= 0.6 is 0 Å². The monoisotopic (exact) mass is 394 g/mol. The standard InChI is InChI=1S/C20H30N2O4S/c1-21(17-9-5-3-4-6-10-17)20(23)16-11-12-18(26-2)19(15-16)27(24,25)22-13-7-8-14-22/h11-12,15,17H,3-10,13-14H2,1-2H3. The molecule has 0 radical (unpaired) electrons. The summed E-state index contributed by atoms with van der Waals surface area (Å²) >= 11 is 0. The Hall–Kier alpha value is -1.60. The number of ether oxygens (including phenoxy) is 1. The molecule has 1 aliphatic carbocycles. The molecule has 1 heterocycles. The zero-order valence-electron chi connectivity index (χ0n) is 16.3. The molecule has 2 aliphatic rings. The predicted octanol–water partition coefficient (Wildman–Crippen LogP) is 3.27. The first-order valence-corrected chi connectivity index (χ1v) is 11.3. The minimum Gasteiger partial charge on any atom is -0.495 e. The number of hydrogen-bond acceptors (Lipinski definition) is 4. The van der Waals surface area contributed by atoms with Gasteiger partial charge in [-0.2, -0.15) is 4.31 Å². The Bertz CT molecular complexity index is 764. The molecule has 150 valence electrons. The normalized spacial score (nSPS) is 19.6. The summed E-state index contributed by atoms with van der Waals surface area (Å²) in [6.45, 7) is 1.04. The molecule has 1 saturated heterocycles. The van der Waals surface area contributed by atoms with Gasteiger partial charge in [0.2, 0.25) is 10.0 Å². The van der Waals surface area contributed by atoms with Crippen molar-refractivity contribution in [3.05, 3.63) is 23.8 Å². The number of rotatable bonds is 5. The van der Waals surface area contributed by atoms with Crippen molar-refractivity contribution in [2.75, 3.05) is 27.2 Å². The molecule has 0 N–H and O–H groups in total. The predicted molar refractivity (Wildman–Crippen MR) is 105 cm³/mol. The van der Waals surface area contributed by atoms with Crippen LogP contribution in [0.3, 0.4) is 0 Å². The number of sulfonamides is 1. The molecule has 1 aromatic rings. The summed E-state index contributed by atoms with van der Waals surface area (Å²) < 4.78 is 32.8. The van der Waals surface area contributed by atoms with Gasteiger partial charge in [-0.1, -0.05) is 25.7 Å². The Morgan fingerprint density at radius 3 is 2.30 bits per heavy atom. The van der Waals surface area contributed by atoms with E-state index in [4.69, 9.17) is 4.74 Å². The second-order valence-electron chi connectivity index (χ2n) is 7.54. The maximum absolute atomic E-state index is 13.0. The molecule has 6 nitrogen and oxygen atoms in total. The molecule has 0 unspecified atom stereocenters. The van der Waals surface area contributed by atoms with Crippen molar-refractivity contribution in [1.29, 1.82) is 0 Å². The highest BCUT2D eigenvalue weighted by atomic mass is 32.2. The minimum absolute atomic E-state index is 0.0898. The van der Waals surface area contributed by atoms with Gasteiger partial charge in [0.25, 0.3) is 5.91 Å². The molecule has 1 saturated carbocycles. The summed E-state index contributed by atoms with van der Waals surface area (Å²) in [5.74, 6) is 0.165. The van der Waals surface area contributed by atoms with Crippen LogP contribution in [-0.2, 0) is 10.0 Å². The van der Waals surface area contributed by atoms with E-state index in [0.717, 1.165) is 38.5 Å². The topological polar surface area (TPSA) is 66.9 Å². The molecule has 1 amide bonds. The van der Waals surface area contributed by atoms with E-state index >= 15 is 0 Å². The zero-order chi connectivity index (χ0) is 19.4. The molecule has 1 aliphatic heterocycles. The van der Waals surface area contributed by atoms with E-state index in [1.54, 1.807) is 17.0 Å². The van der Waals surface area contributed by atoms with E-state index in [0.29, 0.717) is 18.7 Å². The summed E-state index contributed by atoms with van der Waals surface area (Å²) in [7, 11) is -0.370. The van der Waals surface area contributed by atoms with Gasteiger partial charge in [-0.15, -0.1) is 0 Å². The van der Waals surface area contributed by atoms with Crippen molar-refractivity contribution in [2.24, 2.45) is 0 Å². The van der Waals surface area contributed by atoms with Crippen molar-refractivity contribution >= 4 is 15.9 Å². The number of nitrogens with zero attached hydrogens (tertiary/aromatic N) is 2. The van der Waals surface area contributed by atoms with Gasteiger partial charge in [-0.25, -0.2) is 8.42 Å². The van der Waals surface area contributed by atoms with Crippen LogP contribution in [0, 0.1) is 0 Å². The number of benzene rings is 1. The van der Waals surface area contributed by atoms with Gasteiger partial charge in [0.15, 0.2) is 0 Å². The molecule has 7 heteroatoms. The van der Waals surface area contributed by atoms with E-state index in [-0.39, 0.29) is 22.6 Å². The number of carbonyl (C=O) groups is 1. The van der Waals surface area contributed by atoms with E-state index in [9.17, 15) is 13.2 Å². The fraction of sp³-hybridized carbons (Fsp3) is 0.650. The van der Waals surface area contributed by atoms with E-state index in [1.807, 2.05) is 7.05 Å². The average molecular weight is 395 g/mol. The lowest BCUT2D eigenvalue weighted by atomic mass is 10.1. The van der Waals surface area contributed by atoms with Crippen molar-refractivity contribution in [3.63, 3.8) is 0 Å². The summed E-state index contributed by atoms with van der Waals surface area (Å²) in [5.41, 5.74) is 0.403. The fourth-order valence-electron chi connectivity index (χ4n) is 4.09. The third-order valence-electron chi connectivity index (χ3n) is 5.79. The molecule has 0 spiro atoms. The highest BCUT2D eigenvalue weighted by Crippen LogP contribution is 2.31. The first-order chi connectivity index (χ1) is 12.9. The van der Waals surface area contributed by atoms with Gasteiger partial charge >= 0.3 is 0 Å². The highest BCUT2D eigenvalue weighted by Gasteiger charge is 2.31.